The van der Waals surface area contributed by atoms with Gasteiger partial charge in [-0.3, -0.25) is 4.79 Å². The SMILES string of the molecule is Cc1cc(C2=c3c(c(C)c4n3CCNC=4)C(=O)C(C#N)=C2)ccc1F. The third-order valence-corrected chi connectivity index (χ3v) is 4.88. The normalized spacial score (nSPS) is 15.5. The average Bonchev–Trinajstić information content (AvgIpc) is 2.92. The maximum Gasteiger partial charge on any atom is 0.206 e. The van der Waals surface area contributed by atoms with Crippen molar-refractivity contribution < 1.29 is 9.18 Å². The Morgan fingerprint density at radius 1 is 1.32 bits per heavy atom. The summed E-state index contributed by atoms with van der Waals surface area (Å²) in [6, 6.07) is 6.89. The molecule has 25 heavy (non-hydrogen) atoms. The van der Waals surface area contributed by atoms with E-state index >= 15 is 0 Å². The topological polar surface area (TPSA) is 57.8 Å². The van der Waals surface area contributed by atoms with Crippen molar-refractivity contribution in [1.29, 1.82) is 5.26 Å². The van der Waals surface area contributed by atoms with Gasteiger partial charge in [-0.15, -0.1) is 0 Å². The Kier molecular flexibility index (Phi) is 3.36. The summed E-state index contributed by atoms with van der Waals surface area (Å²) in [5.74, 6) is -0.514. The summed E-state index contributed by atoms with van der Waals surface area (Å²) >= 11 is 0. The molecule has 2 aromatic rings. The molecule has 0 bridgehead atoms. The van der Waals surface area contributed by atoms with Gasteiger partial charge in [0.2, 0.25) is 5.78 Å². The van der Waals surface area contributed by atoms with Crippen molar-refractivity contribution in [2.45, 2.75) is 20.4 Å². The van der Waals surface area contributed by atoms with Crippen molar-refractivity contribution in [3.63, 3.8) is 0 Å². The Morgan fingerprint density at radius 3 is 2.84 bits per heavy atom. The third-order valence-electron chi connectivity index (χ3n) is 4.88. The number of aryl methyl sites for hydroxylation is 1. The molecule has 0 spiro atoms. The number of fused-ring (bicyclic) bond motifs is 3. The number of halogens is 1. The standard InChI is InChI=1S/C20H16FN3O/c1-11-7-13(3-4-16(11)21)15-8-14(9-22)20(25)18-12(2)17-10-23-5-6-24(17)19(15)18/h3-4,7-8,10,23H,5-6H2,1-2H3. The molecule has 0 saturated heterocycles. The summed E-state index contributed by atoms with van der Waals surface area (Å²) in [6.45, 7) is 5.11. The van der Waals surface area contributed by atoms with Crippen molar-refractivity contribution in [1.82, 2.24) is 9.88 Å². The molecule has 1 N–H and O–H groups in total. The van der Waals surface area contributed by atoms with E-state index in [-0.39, 0.29) is 17.2 Å². The fourth-order valence-corrected chi connectivity index (χ4v) is 3.61. The number of ketones is 1. The van der Waals surface area contributed by atoms with E-state index in [4.69, 9.17) is 0 Å². The lowest BCUT2D eigenvalue weighted by Gasteiger charge is -2.16. The van der Waals surface area contributed by atoms with E-state index in [1.54, 1.807) is 25.1 Å². The zero-order valence-corrected chi connectivity index (χ0v) is 14.0. The van der Waals surface area contributed by atoms with Crippen LogP contribution < -0.4 is 16.0 Å². The molecular weight excluding hydrogens is 317 g/mol. The van der Waals surface area contributed by atoms with E-state index in [0.29, 0.717) is 11.1 Å². The molecule has 0 saturated carbocycles. The predicted molar refractivity (Wildman–Crippen MR) is 92.6 cm³/mol. The van der Waals surface area contributed by atoms with E-state index in [9.17, 15) is 14.4 Å². The minimum atomic E-state index is -0.271. The number of Topliss-reactive ketones (excluding diaryl/α,β-unsaturated/α-hetero) is 1. The summed E-state index contributed by atoms with van der Waals surface area (Å²) in [5, 5.41) is 14.4. The highest BCUT2D eigenvalue weighted by atomic mass is 19.1. The zero-order chi connectivity index (χ0) is 17.7. The highest BCUT2D eigenvalue weighted by Gasteiger charge is 2.28. The Labute approximate surface area is 144 Å². The number of carbonyl (C=O) groups excluding carboxylic acids is 1. The number of carbonyl (C=O) groups is 1. The summed E-state index contributed by atoms with van der Waals surface area (Å²) in [6.07, 6.45) is 3.54. The maximum atomic E-state index is 13.7. The molecule has 2 heterocycles. The highest BCUT2D eigenvalue weighted by Crippen LogP contribution is 2.24. The first-order valence-corrected chi connectivity index (χ1v) is 8.13. The lowest BCUT2D eigenvalue weighted by Crippen LogP contribution is -2.39. The number of nitrogens with zero attached hydrogens (tertiary/aromatic N) is 2. The largest absolute Gasteiger partial charge is 0.387 e. The average molecular weight is 333 g/mol. The van der Waals surface area contributed by atoms with Crippen LogP contribution in [-0.4, -0.2) is 16.9 Å². The van der Waals surface area contributed by atoms with Crippen LogP contribution in [0, 0.1) is 31.0 Å². The molecule has 1 aromatic carbocycles. The third kappa shape index (κ3) is 2.14. The van der Waals surface area contributed by atoms with Crippen LogP contribution in [0.3, 0.4) is 0 Å². The molecule has 124 valence electrons. The molecule has 5 heteroatoms. The molecule has 0 unspecified atom stereocenters. The van der Waals surface area contributed by atoms with E-state index in [2.05, 4.69) is 9.88 Å². The molecule has 1 aromatic heterocycles. The molecule has 2 aliphatic rings. The number of aromatic nitrogens is 1. The number of nitriles is 1. The van der Waals surface area contributed by atoms with Crippen LogP contribution in [0.5, 0.6) is 0 Å². The van der Waals surface area contributed by atoms with Gasteiger partial charge >= 0.3 is 0 Å². The van der Waals surface area contributed by atoms with Gasteiger partial charge in [0.25, 0.3) is 0 Å². The summed E-state index contributed by atoms with van der Waals surface area (Å²) in [5.41, 5.74) is 3.68. The van der Waals surface area contributed by atoms with Gasteiger partial charge in [-0.05, 0) is 48.7 Å². The van der Waals surface area contributed by atoms with Gasteiger partial charge in [-0.25, -0.2) is 4.39 Å². The highest BCUT2D eigenvalue weighted by molar-refractivity contribution is 6.16. The van der Waals surface area contributed by atoms with Crippen molar-refractivity contribution in [2.75, 3.05) is 6.54 Å². The minimum absolute atomic E-state index is 0.114. The second-order valence-electron chi connectivity index (χ2n) is 6.36. The number of benzene rings is 1. The number of hydrogen-bond donors (Lipinski definition) is 1. The van der Waals surface area contributed by atoms with E-state index in [1.807, 2.05) is 19.2 Å². The molecule has 0 amide bonds. The number of allylic oxidation sites excluding steroid dienone is 2. The lowest BCUT2D eigenvalue weighted by atomic mass is 9.90. The first kappa shape index (κ1) is 15.4. The van der Waals surface area contributed by atoms with Crippen LogP contribution >= 0.6 is 0 Å². The molecule has 0 radical (unpaired) electrons. The lowest BCUT2D eigenvalue weighted by molar-refractivity contribution is 0.103. The molecule has 1 aliphatic carbocycles. The van der Waals surface area contributed by atoms with Crippen molar-refractivity contribution in [3.05, 3.63) is 68.6 Å². The van der Waals surface area contributed by atoms with Crippen molar-refractivity contribution in [3.8, 4) is 6.07 Å². The molecule has 4 rings (SSSR count). The summed E-state index contributed by atoms with van der Waals surface area (Å²) in [4.78, 5) is 12.8. The fraction of sp³-hybridized carbons (Fsp3) is 0.200. The summed E-state index contributed by atoms with van der Waals surface area (Å²) in [7, 11) is 0. The number of hydrogen-bond acceptors (Lipinski definition) is 3. The van der Waals surface area contributed by atoms with Gasteiger partial charge in [0.1, 0.15) is 17.5 Å². The predicted octanol–water partition coefficient (Wildman–Crippen LogP) is 1.43. The quantitative estimate of drug-likeness (QED) is 0.859. The van der Waals surface area contributed by atoms with E-state index in [0.717, 1.165) is 40.5 Å². The first-order chi connectivity index (χ1) is 12.0. The maximum absolute atomic E-state index is 13.7. The Balaban J connectivity index is 2.18. The van der Waals surface area contributed by atoms with Gasteiger partial charge in [0, 0.05) is 24.9 Å². The van der Waals surface area contributed by atoms with E-state index < -0.39 is 0 Å². The van der Waals surface area contributed by atoms with Crippen molar-refractivity contribution in [2.24, 2.45) is 0 Å². The van der Waals surface area contributed by atoms with Crippen LogP contribution in [0.15, 0.2) is 29.8 Å². The van der Waals surface area contributed by atoms with Gasteiger partial charge in [-0.2, -0.15) is 5.26 Å². The Hall–Kier alpha value is -3.13. The second kappa shape index (κ2) is 5.45. The Bertz CT molecular complexity index is 1130. The zero-order valence-electron chi connectivity index (χ0n) is 14.0. The minimum Gasteiger partial charge on any atom is -0.387 e. The molecule has 1 aliphatic heterocycles. The van der Waals surface area contributed by atoms with Crippen LogP contribution in [0.25, 0.3) is 11.8 Å². The fourth-order valence-electron chi connectivity index (χ4n) is 3.61. The molecule has 4 nitrogen and oxygen atoms in total. The van der Waals surface area contributed by atoms with Gasteiger partial charge in [-0.1, -0.05) is 6.07 Å². The van der Waals surface area contributed by atoms with Crippen LogP contribution in [0.4, 0.5) is 4.39 Å². The Morgan fingerprint density at radius 2 is 2.12 bits per heavy atom. The smallest absolute Gasteiger partial charge is 0.206 e. The number of rotatable bonds is 1. The number of nitrogens with one attached hydrogen (secondary N) is 1. The monoisotopic (exact) mass is 333 g/mol. The van der Waals surface area contributed by atoms with Gasteiger partial charge < -0.3 is 9.88 Å². The van der Waals surface area contributed by atoms with Crippen LogP contribution in [0.2, 0.25) is 0 Å². The first-order valence-electron chi connectivity index (χ1n) is 8.13. The molecule has 0 fully saturated rings. The summed E-state index contributed by atoms with van der Waals surface area (Å²) < 4.78 is 15.8. The second-order valence-corrected chi connectivity index (χ2v) is 6.36. The molecule has 0 atom stereocenters. The van der Waals surface area contributed by atoms with Crippen molar-refractivity contribution >= 4 is 17.6 Å². The van der Waals surface area contributed by atoms with E-state index in [1.165, 1.54) is 6.07 Å². The molecular formula is C20H16FN3O. The van der Waals surface area contributed by atoms with Gasteiger partial charge in [0.05, 0.1) is 16.3 Å². The van der Waals surface area contributed by atoms with Crippen LogP contribution in [0.1, 0.15) is 27.0 Å². The van der Waals surface area contributed by atoms with Gasteiger partial charge in [0.15, 0.2) is 0 Å². The van der Waals surface area contributed by atoms with Crippen LogP contribution in [-0.2, 0) is 6.54 Å².